The van der Waals surface area contributed by atoms with E-state index in [1.54, 1.807) is 0 Å². The molecule has 0 aliphatic carbocycles. The second kappa shape index (κ2) is 9.40. The third-order valence-electron chi connectivity index (χ3n) is 6.23. The molecule has 0 saturated heterocycles. The highest BCUT2D eigenvalue weighted by atomic mass is 32.1. The number of rotatable bonds is 5. The summed E-state index contributed by atoms with van der Waals surface area (Å²) in [6.45, 7) is 0.935. The highest BCUT2D eigenvalue weighted by Gasteiger charge is 2.30. The fourth-order valence-electron chi connectivity index (χ4n) is 4.60. The number of hydrogen-bond donors (Lipinski definition) is 3. The van der Waals surface area contributed by atoms with Crippen LogP contribution in [0.15, 0.2) is 54.6 Å². The number of thiophene rings is 1. The zero-order chi connectivity index (χ0) is 23.7. The van der Waals surface area contributed by atoms with Crippen LogP contribution >= 0.6 is 11.3 Å². The number of aryl methyl sites for hydroxylation is 2. The van der Waals surface area contributed by atoms with Gasteiger partial charge in [-0.2, -0.15) is 0 Å². The smallest absolute Gasteiger partial charge is 0.313 e. The topological polar surface area (TPSA) is 98.7 Å². The van der Waals surface area contributed by atoms with Crippen LogP contribution in [0.1, 0.15) is 45.4 Å². The maximum atomic E-state index is 12.5. The van der Waals surface area contributed by atoms with Crippen LogP contribution in [-0.4, -0.2) is 29.4 Å². The maximum Gasteiger partial charge on any atom is 0.313 e. The minimum Gasteiger partial charge on any atom is -0.383 e. The number of aliphatic hydroxyl groups is 1. The van der Waals surface area contributed by atoms with Gasteiger partial charge in [-0.25, -0.2) is 0 Å². The van der Waals surface area contributed by atoms with Crippen molar-refractivity contribution in [2.45, 2.75) is 38.3 Å². The Hall–Kier alpha value is -3.49. The molecule has 2 aliphatic rings. The highest BCUT2D eigenvalue weighted by molar-refractivity contribution is 7.12. The van der Waals surface area contributed by atoms with Gasteiger partial charge in [0.25, 0.3) is 0 Å². The lowest BCUT2D eigenvalue weighted by Crippen LogP contribution is -2.39. The first-order chi connectivity index (χ1) is 16.5. The summed E-state index contributed by atoms with van der Waals surface area (Å²) in [4.78, 5) is 40.6. The summed E-state index contributed by atoms with van der Waals surface area (Å²) in [6.07, 6.45) is 2.11. The van der Waals surface area contributed by atoms with E-state index in [-0.39, 0.29) is 12.5 Å². The van der Waals surface area contributed by atoms with E-state index in [0.717, 1.165) is 51.5 Å². The third kappa shape index (κ3) is 4.47. The van der Waals surface area contributed by atoms with Crippen LogP contribution in [-0.2, 0) is 33.8 Å². The van der Waals surface area contributed by atoms with E-state index in [2.05, 4.69) is 10.6 Å². The zero-order valence-electron chi connectivity index (χ0n) is 18.5. The SMILES string of the molecule is O=C(NCc1ccc(C(O)c2ccccc2)s1)C(=O)Nc1cc2c3c(c1)CCC(=O)N3CCC2. The molecule has 1 aromatic heterocycles. The minimum atomic E-state index is -0.729. The largest absolute Gasteiger partial charge is 0.383 e. The molecule has 3 aromatic rings. The highest BCUT2D eigenvalue weighted by Crippen LogP contribution is 2.37. The Morgan fingerprint density at radius 1 is 1.00 bits per heavy atom. The number of aliphatic hydroxyl groups excluding tert-OH is 1. The lowest BCUT2D eigenvalue weighted by Gasteiger charge is -2.35. The Labute approximate surface area is 201 Å². The number of benzene rings is 2. The van der Waals surface area contributed by atoms with Crippen molar-refractivity contribution in [1.82, 2.24) is 5.32 Å². The van der Waals surface area contributed by atoms with Gasteiger partial charge in [-0.3, -0.25) is 14.4 Å². The van der Waals surface area contributed by atoms with Crippen molar-refractivity contribution in [2.75, 3.05) is 16.8 Å². The van der Waals surface area contributed by atoms with Crippen LogP contribution in [0.4, 0.5) is 11.4 Å². The molecule has 1 unspecified atom stereocenters. The fraction of sp³-hybridized carbons (Fsp3) is 0.269. The lowest BCUT2D eigenvalue weighted by molar-refractivity contribution is -0.136. The van der Waals surface area contributed by atoms with Crippen molar-refractivity contribution in [1.29, 1.82) is 0 Å². The Balaban J connectivity index is 1.20. The second-order valence-electron chi connectivity index (χ2n) is 8.55. The van der Waals surface area contributed by atoms with Crippen molar-refractivity contribution in [3.8, 4) is 0 Å². The number of carbonyl (C=O) groups is 3. The van der Waals surface area contributed by atoms with Crippen molar-refractivity contribution >= 4 is 40.4 Å². The summed E-state index contributed by atoms with van der Waals surface area (Å²) >= 11 is 1.39. The van der Waals surface area contributed by atoms with E-state index < -0.39 is 17.9 Å². The van der Waals surface area contributed by atoms with E-state index in [1.165, 1.54) is 11.3 Å². The monoisotopic (exact) mass is 475 g/mol. The normalized spacial score (nSPS) is 15.4. The summed E-state index contributed by atoms with van der Waals surface area (Å²) in [6, 6.07) is 16.8. The van der Waals surface area contributed by atoms with Gasteiger partial charge < -0.3 is 20.6 Å². The molecule has 0 bridgehead atoms. The molecule has 2 aliphatic heterocycles. The number of carbonyl (C=O) groups excluding carboxylic acids is 3. The number of nitrogens with zero attached hydrogens (tertiary/aromatic N) is 1. The molecule has 0 fully saturated rings. The lowest BCUT2D eigenvalue weighted by atomic mass is 9.91. The second-order valence-corrected chi connectivity index (χ2v) is 9.75. The number of hydrogen-bond acceptors (Lipinski definition) is 5. The third-order valence-corrected chi connectivity index (χ3v) is 7.37. The molecule has 2 aromatic carbocycles. The van der Waals surface area contributed by atoms with Gasteiger partial charge in [0.15, 0.2) is 0 Å². The first-order valence-corrected chi connectivity index (χ1v) is 12.2. The molecule has 3 amide bonds. The van der Waals surface area contributed by atoms with E-state index >= 15 is 0 Å². The molecule has 0 radical (unpaired) electrons. The molecular weight excluding hydrogens is 450 g/mol. The van der Waals surface area contributed by atoms with Gasteiger partial charge in [-0.15, -0.1) is 11.3 Å². The molecular formula is C26H25N3O4S. The summed E-state index contributed by atoms with van der Waals surface area (Å²) in [5.41, 5.74) is 4.44. The Bertz CT molecular complexity index is 1240. The molecule has 0 saturated carbocycles. The zero-order valence-corrected chi connectivity index (χ0v) is 19.4. The average Bonchev–Trinajstić information content (AvgIpc) is 3.34. The van der Waals surface area contributed by atoms with Crippen LogP contribution in [0.5, 0.6) is 0 Å². The summed E-state index contributed by atoms with van der Waals surface area (Å²) < 4.78 is 0. The molecule has 8 heteroatoms. The van der Waals surface area contributed by atoms with Crippen molar-refractivity contribution in [3.05, 3.63) is 81.0 Å². The maximum absolute atomic E-state index is 12.5. The molecule has 0 spiro atoms. The molecule has 34 heavy (non-hydrogen) atoms. The van der Waals surface area contributed by atoms with Gasteiger partial charge in [0, 0.05) is 28.4 Å². The van der Waals surface area contributed by atoms with Crippen LogP contribution in [0.3, 0.4) is 0 Å². The molecule has 3 heterocycles. The van der Waals surface area contributed by atoms with Gasteiger partial charge >= 0.3 is 11.8 Å². The van der Waals surface area contributed by atoms with Gasteiger partial charge in [0.2, 0.25) is 5.91 Å². The van der Waals surface area contributed by atoms with Crippen LogP contribution in [0.25, 0.3) is 0 Å². The summed E-state index contributed by atoms with van der Waals surface area (Å²) in [5.74, 6) is -1.30. The average molecular weight is 476 g/mol. The first-order valence-electron chi connectivity index (χ1n) is 11.4. The quantitative estimate of drug-likeness (QED) is 0.493. The molecule has 5 rings (SSSR count). The van der Waals surface area contributed by atoms with Gasteiger partial charge in [-0.1, -0.05) is 30.3 Å². The molecule has 174 valence electrons. The molecule has 3 N–H and O–H groups in total. The summed E-state index contributed by atoms with van der Waals surface area (Å²) in [5, 5.41) is 15.9. The molecule has 1 atom stereocenters. The van der Waals surface area contributed by atoms with E-state index in [1.807, 2.05) is 59.5 Å². The van der Waals surface area contributed by atoms with Crippen molar-refractivity contribution < 1.29 is 19.5 Å². The summed E-state index contributed by atoms with van der Waals surface area (Å²) in [7, 11) is 0. The van der Waals surface area contributed by atoms with Gasteiger partial charge in [0.1, 0.15) is 6.10 Å². The Morgan fingerprint density at radius 2 is 1.76 bits per heavy atom. The van der Waals surface area contributed by atoms with E-state index in [0.29, 0.717) is 18.5 Å². The van der Waals surface area contributed by atoms with Crippen molar-refractivity contribution in [2.24, 2.45) is 0 Å². The van der Waals surface area contributed by atoms with Gasteiger partial charge in [0.05, 0.1) is 12.2 Å². The number of anilines is 2. The predicted molar refractivity (Wildman–Crippen MR) is 131 cm³/mol. The van der Waals surface area contributed by atoms with Gasteiger partial charge in [-0.05, 0) is 60.2 Å². The predicted octanol–water partition coefficient (Wildman–Crippen LogP) is 3.31. The van der Waals surface area contributed by atoms with Crippen LogP contribution in [0.2, 0.25) is 0 Å². The Kier molecular flexibility index (Phi) is 6.17. The minimum absolute atomic E-state index is 0.151. The molecule has 7 nitrogen and oxygen atoms in total. The van der Waals surface area contributed by atoms with Crippen molar-refractivity contribution in [3.63, 3.8) is 0 Å². The standard InChI is InChI=1S/C26H25N3O4S/c30-22-11-8-18-14-19(13-17-7-4-12-29(22)23(17)18)28-26(33)25(32)27-15-20-9-10-21(34-20)24(31)16-5-2-1-3-6-16/h1-3,5-6,9-10,13-14,24,31H,4,7-8,11-12,15H2,(H,27,32)(H,28,33). The van der Waals surface area contributed by atoms with E-state index in [9.17, 15) is 19.5 Å². The van der Waals surface area contributed by atoms with E-state index in [4.69, 9.17) is 0 Å². The first kappa shape index (κ1) is 22.3. The van der Waals surface area contributed by atoms with Crippen LogP contribution in [0, 0.1) is 0 Å². The van der Waals surface area contributed by atoms with Crippen LogP contribution < -0.4 is 15.5 Å². The Morgan fingerprint density at radius 3 is 2.56 bits per heavy atom. The number of nitrogens with one attached hydrogen (secondary N) is 2. The fourth-order valence-corrected chi connectivity index (χ4v) is 5.56. The number of amides is 3.